The van der Waals surface area contributed by atoms with E-state index in [1.165, 1.54) is 12.1 Å². The van der Waals surface area contributed by atoms with Gasteiger partial charge in [0.05, 0.1) is 12.2 Å². The van der Waals surface area contributed by atoms with Gasteiger partial charge in [-0.2, -0.15) is 5.10 Å². The van der Waals surface area contributed by atoms with Crippen LogP contribution in [0.25, 0.3) is 0 Å². The summed E-state index contributed by atoms with van der Waals surface area (Å²) in [6, 6.07) is 11.5. The highest BCUT2D eigenvalue weighted by Gasteiger charge is 2.16. The standard InChI is InChI=1S/C17H16FN3O2S/c1-21(10-15-6-3-7-24-15)17(22)16-9-13(19-20-16)11-23-14-5-2-4-12(18)8-14/h2-9H,10-11H2,1H3,(H,19,20). The number of carbonyl (C=O) groups is 1. The van der Waals surface area contributed by atoms with E-state index in [-0.39, 0.29) is 18.3 Å². The molecule has 0 saturated heterocycles. The number of aromatic nitrogens is 2. The molecular weight excluding hydrogens is 329 g/mol. The van der Waals surface area contributed by atoms with Gasteiger partial charge in [-0.05, 0) is 29.6 Å². The fraction of sp³-hybridized carbons (Fsp3) is 0.176. The fourth-order valence-corrected chi connectivity index (χ4v) is 2.92. The van der Waals surface area contributed by atoms with Gasteiger partial charge in [0.1, 0.15) is 18.2 Å². The number of ether oxygens (including phenoxy) is 1. The minimum absolute atomic E-state index is 0.170. The van der Waals surface area contributed by atoms with Gasteiger partial charge in [0.2, 0.25) is 0 Å². The molecule has 0 spiro atoms. The van der Waals surface area contributed by atoms with Crippen molar-refractivity contribution < 1.29 is 13.9 Å². The number of thiophene rings is 1. The predicted octanol–water partition coefficient (Wildman–Crippen LogP) is 3.46. The van der Waals surface area contributed by atoms with Gasteiger partial charge in [-0.25, -0.2) is 4.39 Å². The number of rotatable bonds is 6. The maximum absolute atomic E-state index is 13.1. The average molecular weight is 345 g/mol. The summed E-state index contributed by atoms with van der Waals surface area (Å²) in [7, 11) is 1.74. The average Bonchev–Trinajstić information content (AvgIpc) is 3.24. The van der Waals surface area contributed by atoms with E-state index in [2.05, 4.69) is 10.2 Å². The molecular formula is C17H16FN3O2S. The van der Waals surface area contributed by atoms with E-state index < -0.39 is 0 Å². The Hall–Kier alpha value is -2.67. The summed E-state index contributed by atoms with van der Waals surface area (Å²) in [5.41, 5.74) is 0.971. The first kappa shape index (κ1) is 16.2. The van der Waals surface area contributed by atoms with Gasteiger partial charge >= 0.3 is 0 Å². The third kappa shape index (κ3) is 3.99. The van der Waals surface area contributed by atoms with Crippen LogP contribution in [-0.2, 0) is 13.2 Å². The highest BCUT2D eigenvalue weighted by atomic mass is 32.1. The minimum Gasteiger partial charge on any atom is -0.487 e. The summed E-state index contributed by atoms with van der Waals surface area (Å²) in [5.74, 6) is -0.105. The van der Waals surface area contributed by atoms with Gasteiger partial charge in [0, 0.05) is 18.0 Å². The third-order valence-corrected chi connectivity index (χ3v) is 4.22. The molecule has 0 aliphatic rings. The molecule has 1 amide bonds. The number of carbonyl (C=O) groups excluding carboxylic acids is 1. The summed E-state index contributed by atoms with van der Waals surface area (Å²) in [5, 5.41) is 8.78. The van der Waals surface area contributed by atoms with Gasteiger partial charge in [-0.1, -0.05) is 12.1 Å². The van der Waals surface area contributed by atoms with Crippen molar-refractivity contribution in [1.82, 2.24) is 15.1 Å². The molecule has 0 radical (unpaired) electrons. The van der Waals surface area contributed by atoms with Crippen LogP contribution in [0.2, 0.25) is 0 Å². The maximum Gasteiger partial charge on any atom is 0.274 e. The van der Waals surface area contributed by atoms with Crippen molar-refractivity contribution in [2.45, 2.75) is 13.2 Å². The number of halogens is 1. The Bertz CT molecular complexity index is 817. The monoisotopic (exact) mass is 345 g/mol. The predicted molar refractivity (Wildman–Crippen MR) is 89.4 cm³/mol. The molecule has 7 heteroatoms. The minimum atomic E-state index is -0.358. The second kappa shape index (κ2) is 7.27. The summed E-state index contributed by atoms with van der Waals surface area (Å²) in [4.78, 5) is 15.1. The van der Waals surface area contributed by atoms with Crippen LogP contribution in [0.4, 0.5) is 4.39 Å². The van der Waals surface area contributed by atoms with E-state index in [1.54, 1.807) is 41.5 Å². The number of hydrogen-bond acceptors (Lipinski definition) is 4. The Morgan fingerprint density at radius 2 is 2.21 bits per heavy atom. The summed E-state index contributed by atoms with van der Waals surface area (Å²) < 4.78 is 18.6. The zero-order valence-electron chi connectivity index (χ0n) is 13.0. The number of aromatic amines is 1. The second-order valence-corrected chi connectivity index (χ2v) is 6.30. The molecule has 0 fully saturated rings. The third-order valence-electron chi connectivity index (χ3n) is 3.36. The van der Waals surface area contributed by atoms with Gasteiger partial charge in [-0.3, -0.25) is 9.89 Å². The van der Waals surface area contributed by atoms with E-state index in [0.717, 1.165) is 4.88 Å². The first-order valence-electron chi connectivity index (χ1n) is 7.32. The molecule has 2 aromatic heterocycles. The van der Waals surface area contributed by atoms with Crippen LogP contribution in [0.15, 0.2) is 47.8 Å². The Labute approximate surface area is 142 Å². The lowest BCUT2D eigenvalue weighted by atomic mass is 10.3. The first-order valence-corrected chi connectivity index (χ1v) is 8.20. The van der Waals surface area contributed by atoms with Gasteiger partial charge < -0.3 is 9.64 Å². The van der Waals surface area contributed by atoms with Crippen LogP contribution in [0.3, 0.4) is 0 Å². The molecule has 0 unspecified atom stereocenters. The van der Waals surface area contributed by atoms with Crippen LogP contribution in [0, 0.1) is 5.82 Å². The zero-order chi connectivity index (χ0) is 16.9. The topological polar surface area (TPSA) is 58.2 Å². The van der Waals surface area contributed by atoms with E-state index in [9.17, 15) is 9.18 Å². The first-order chi connectivity index (χ1) is 11.6. The number of nitrogens with zero attached hydrogens (tertiary/aromatic N) is 2. The van der Waals surface area contributed by atoms with Crippen molar-refractivity contribution in [3.63, 3.8) is 0 Å². The molecule has 3 rings (SSSR count). The smallest absolute Gasteiger partial charge is 0.274 e. The van der Waals surface area contributed by atoms with Crippen molar-refractivity contribution in [2.75, 3.05) is 7.05 Å². The number of H-pyrrole nitrogens is 1. The van der Waals surface area contributed by atoms with Crippen LogP contribution >= 0.6 is 11.3 Å². The molecule has 3 aromatic rings. The van der Waals surface area contributed by atoms with E-state index in [4.69, 9.17) is 4.74 Å². The maximum atomic E-state index is 13.1. The SMILES string of the molecule is CN(Cc1cccs1)C(=O)c1cc(COc2cccc(F)c2)[nH]n1. The highest BCUT2D eigenvalue weighted by molar-refractivity contribution is 7.09. The van der Waals surface area contributed by atoms with Crippen molar-refractivity contribution in [1.29, 1.82) is 0 Å². The molecule has 124 valence electrons. The molecule has 0 bridgehead atoms. The van der Waals surface area contributed by atoms with E-state index in [1.807, 2.05) is 17.5 Å². The van der Waals surface area contributed by atoms with Gasteiger partial charge in [0.15, 0.2) is 5.69 Å². The van der Waals surface area contributed by atoms with E-state index in [0.29, 0.717) is 23.7 Å². The number of nitrogens with one attached hydrogen (secondary N) is 1. The molecule has 0 aliphatic heterocycles. The second-order valence-electron chi connectivity index (χ2n) is 5.27. The summed E-state index contributed by atoms with van der Waals surface area (Å²) in [6.07, 6.45) is 0. The Morgan fingerprint density at radius 1 is 1.33 bits per heavy atom. The van der Waals surface area contributed by atoms with Crippen molar-refractivity contribution in [3.8, 4) is 5.75 Å². The van der Waals surface area contributed by atoms with Crippen LogP contribution < -0.4 is 4.74 Å². The zero-order valence-corrected chi connectivity index (χ0v) is 13.8. The molecule has 0 aliphatic carbocycles. The molecule has 0 atom stereocenters. The lowest BCUT2D eigenvalue weighted by Crippen LogP contribution is -2.26. The van der Waals surface area contributed by atoms with Crippen molar-refractivity contribution in [3.05, 3.63) is 69.9 Å². The summed E-state index contributed by atoms with van der Waals surface area (Å²) in [6.45, 7) is 0.719. The largest absolute Gasteiger partial charge is 0.487 e. The normalized spacial score (nSPS) is 10.6. The molecule has 5 nitrogen and oxygen atoms in total. The summed E-state index contributed by atoms with van der Waals surface area (Å²) >= 11 is 1.60. The molecule has 24 heavy (non-hydrogen) atoms. The van der Waals surface area contributed by atoms with Crippen LogP contribution in [0.5, 0.6) is 5.75 Å². The van der Waals surface area contributed by atoms with Gasteiger partial charge in [-0.15, -0.1) is 11.3 Å². The van der Waals surface area contributed by atoms with Gasteiger partial charge in [0.25, 0.3) is 5.91 Å². The molecule has 2 heterocycles. The number of benzene rings is 1. The van der Waals surface area contributed by atoms with Crippen molar-refractivity contribution >= 4 is 17.2 Å². The van der Waals surface area contributed by atoms with E-state index >= 15 is 0 Å². The lowest BCUT2D eigenvalue weighted by molar-refractivity contribution is 0.0780. The quantitative estimate of drug-likeness (QED) is 0.744. The Balaban J connectivity index is 1.59. The number of amides is 1. The molecule has 1 aromatic carbocycles. The lowest BCUT2D eigenvalue weighted by Gasteiger charge is -2.14. The highest BCUT2D eigenvalue weighted by Crippen LogP contribution is 2.15. The molecule has 0 saturated carbocycles. The van der Waals surface area contributed by atoms with Crippen LogP contribution in [-0.4, -0.2) is 28.1 Å². The Morgan fingerprint density at radius 3 is 2.96 bits per heavy atom. The fourth-order valence-electron chi connectivity index (χ4n) is 2.17. The molecule has 1 N–H and O–H groups in total. The van der Waals surface area contributed by atoms with Crippen LogP contribution in [0.1, 0.15) is 21.1 Å². The van der Waals surface area contributed by atoms with Crippen molar-refractivity contribution in [2.24, 2.45) is 0 Å². The Kier molecular flexibility index (Phi) is 4.90. The number of hydrogen-bond donors (Lipinski definition) is 1.